The third kappa shape index (κ3) is 8.76. The van der Waals surface area contributed by atoms with E-state index in [0.29, 0.717) is 22.4 Å². The zero-order valence-corrected chi connectivity index (χ0v) is 30.3. The fourth-order valence-corrected chi connectivity index (χ4v) is 5.66. The number of aryl methyl sites for hydroxylation is 2. The zero-order chi connectivity index (χ0) is 36.5. The first kappa shape index (κ1) is 37.8. The summed E-state index contributed by atoms with van der Waals surface area (Å²) in [6, 6.07) is 12.7. The molecule has 0 amide bonds. The third-order valence-corrected chi connectivity index (χ3v) is 8.37. The summed E-state index contributed by atoms with van der Waals surface area (Å²) in [5, 5.41) is 4.87. The maximum absolute atomic E-state index is 15.0. The van der Waals surface area contributed by atoms with Crippen molar-refractivity contribution in [2.45, 2.75) is 55.4 Å². The Morgan fingerprint density at radius 3 is 2.24 bits per heavy atom. The van der Waals surface area contributed by atoms with Crippen LogP contribution in [0.2, 0.25) is 0 Å². The third-order valence-electron chi connectivity index (χ3n) is 8.37. The van der Waals surface area contributed by atoms with E-state index in [2.05, 4.69) is 60.7 Å². The lowest BCUT2D eigenvalue weighted by Gasteiger charge is -2.35. The summed E-state index contributed by atoms with van der Waals surface area (Å²) in [6.45, 7) is 24.2. The second-order valence-electron chi connectivity index (χ2n) is 12.1. The Labute approximate surface area is 292 Å². The fourth-order valence-electron chi connectivity index (χ4n) is 5.66. The van der Waals surface area contributed by atoms with Crippen LogP contribution < -0.4 is 25.5 Å². The largest absolute Gasteiger partial charge is 0.435 e. The average molecular weight is 688 g/mol. The number of hydrogen-bond donors (Lipinski definition) is 3. The number of rotatable bonds is 7. The van der Waals surface area contributed by atoms with Crippen molar-refractivity contribution in [3.8, 4) is 11.6 Å². The lowest BCUT2D eigenvalue weighted by atomic mass is 10.2. The molecule has 11 heteroatoms. The van der Waals surface area contributed by atoms with E-state index >= 15 is 0 Å². The van der Waals surface area contributed by atoms with E-state index in [1.54, 1.807) is 19.9 Å². The van der Waals surface area contributed by atoms with Crippen LogP contribution in [0.15, 0.2) is 61.4 Å². The van der Waals surface area contributed by atoms with E-state index in [1.807, 2.05) is 52.8 Å². The van der Waals surface area contributed by atoms with E-state index in [-0.39, 0.29) is 28.4 Å². The molecule has 8 nitrogen and oxygen atoms in total. The molecule has 0 saturated carbocycles. The van der Waals surface area contributed by atoms with Gasteiger partial charge in [0.25, 0.3) is 0 Å². The number of anilines is 3. The second-order valence-corrected chi connectivity index (χ2v) is 12.1. The molecule has 0 radical (unpaired) electrons. The molecule has 266 valence electrons. The van der Waals surface area contributed by atoms with Gasteiger partial charge >= 0.3 is 0 Å². The number of hydrogen-bond acceptors (Lipinski definition) is 6. The van der Waals surface area contributed by atoms with Crippen molar-refractivity contribution in [2.24, 2.45) is 0 Å². The molecule has 3 aromatic heterocycles. The number of likely N-dealkylation sites (N-methyl/N-ethyl adjacent to an activating group) is 1. The number of benzene rings is 2. The first-order valence-electron chi connectivity index (χ1n) is 17.0. The number of halogens is 3. The molecule has 0 aliphatic carbocycles. The number of nitrogens with zero attached hydrogens (tertiary/aromatic N) is 4. The van der Waals surface area contributed by atoms with Crippen molar-refractivity contribution in [3.63, 3.8) is 0 Å². The van der Waals surface area contributed by atoms with Crippen molar-refractivity contribution in [1.29, 1.82) is 0 Å². The Morgan fingerprint density at radius 1 is 0.960 bits per heavy atom. The Balaban J connectivity index is 0.000000315. The summed E-state index contributed by atoms with van der Waals surface area (Å²) in [7, 11) is 0. The number of H-pyrrole nitrogens is 2. The summed E-state index contributed by atoms with van der Waals surface area (Å²) in [5.41, 5.74) is 5.45. The Kier molecular flexibility index (Phi) is 12.9. The first-order valence-corrected chi connectivity index (χ1v) is 17.0. The fraction of sp³-hybridized carbons (Fsp3) is 0.333. The number of aromatic nitrogens is 4. The molecule has 1 aliphatic heterocycles. The Bertz CT molecular complexity index is 2040. The number of ether oxygens (including phenoxy) is 1. The molecule has 50 heavy (non-hydrogen) atoms. The molecule has 4 heterocycles. The minimum absolute atomic E-state index is 0.116. The van der Waals surface area contributed by atoms with Gasteiger partial charge in [0, 0.05) is 65.6 Å². The van der Waals surface area contributed by atoms with Crippen LogP contribution in [0.4, 0.5) is 30.4 Å². The maximum Gasteiger partial charge on any atom is 0.227 e. The molecule has 1 fully saturated rings. The predicted molar refractivity (Wildman–Crippen MR) is 199 cm³/mol. The molecule has 6 rings (SSSR count). The summed E-state index contributed by atoms with van der Waals surface area (Å²) < 4.78 is 48.4. The van der Waals surface area contributed by atoms with E-state index in [9.17, 15) is 13.2 Å². The van der Waals surface area contributed by atoms with Gasteiger partial charge < -0.3 is 29.8 Å². The number of nitrogens with one attached hydrogen (secondary N) is 3. The maximum atomic E-state index is 15.0. The second kappa shape index (κ2) is 17.1. The van der Waals surface area contributed by atoms with E-state index in [4.69, 9.17) is 4.74 Å². The predicted octanol–water partition coefficient (Wildman–Crippen LogP) is 8.33. The highest BCUT2D eigenvalue weighted by Crippen LogP contribution is 2.34. The molecule has 0 unspecified atom stereocenters. The van der Waals surface area contributed by atoms with Gasteiger partial charge in [-0.05, 0) is 83.6 Å². The van der Waals surface area contributed by atoms with Crippen LogP contribution in [-0.2, 0) is 0 Å². The number of fused-ring (bicyclic) bond motifs is 1. The zero-order valence-electron chi connectivity index (χ0n) is 30.3. The first-order chi connectivity index (χ1) is 24.0. The van der Waals surface area contributed by atoms with Gasteiger partial charge in [-0.3, -0.25) is 0 Å². The van der Waals surface area contributed by atoms with Crippen LogP contribution in [0.3, 0.4) is 0 Å². The number of allylic oxidation sites excluding steroid dienone is 1. The Morgan fingerprint density at radius 2 is 1.62 bits per heavy atom. The lowest BCUT2D eigenvalue weighted by molar-refractivity contribution is 0.271. The van der Waals surface area contributed by atoms with Crippen molar-refractivity contribution in [3.05, 3.63) is 101 Å². The standard InChI is InChI=1S/C26H28F2N6O.C11H14FN.C2H6/c1-4-33-9-11-34(12-10-33)19-7-5-18(6-8-19)32-25-17(3)26(30-15-29-25)35-22-14-21(27)24-20(23(22)28)13-16(2)31-24;1-5-10(12)11-9(7(2)3)6-8(4)13-11;1-2/h5-8,13-15,31H,4,9-12H2,1-3H3,(H,29,30,32);5-6,13H,1H2,2-4H3;1-2H3/b;11-10-;. The molecule has 0 spiro atoms. The quantitative estimate of drug-likeness (QED) is 0.160. The van der Waals surface area contributed by atoms with Gasteiger partial charge in [-0.2, -0.15) is 0 Å². The molecule has 1 saturated heterocycles. The number of aromatic amines is 2. The average Bonchev–Trinajstić information content (AvgIpc) is 3.73. The highest BCUT2D eigenvalue weighted by Gasteiger charge is 2.19. The van der Waals surface area contributed by atoms with E-state index in [0.717, 1.165) is 61.0 Å². The van der Waals surface area contributed by atoms with Gasteiger partial charge in [0.1, 0.15) is 18.0 Å². The van der Waals surface area contributed by atoms with Crippen LogP contribution in [-0.4, -0.2) is 57.6 Å². The highest BCUT2D eigenvalue weighted by atomic mass is 19.1. The molecule has 3 N–H and O–H groups in total. The highest BCUT2D eigenvalue weighted by molar-refractivity contribution is 5.83. The van der Waals surface area contributed by atoms with Crippen LogP contribution in [0, 0.1) is 32.4 Å². The van der Waals surface area contributed by atoms with Gasteiger partial charge in [-0.15, -0.1) is 0 Å². The summed E-state index contributed by atoms with van der Waals surface area (Å²) in [6.07, 6.45) is 2.55. The van der Waals surface area contributed by atoms with E-state index < -0.39 is 11.6 Å². The van der Waals surface area contributed by atoms with Crippen molar-refractivity contribution in [2.75, 3.05) is 42.9 Å². The summed E-state index contributed by atoms with van der Waals surface area (Å²) in [5.74, 6) is -1.09. The minimum atomic E-state index is -0.645. The topological polar surface area (TPSA) is 85.1 Å². The van der Waals surface area contributed by atoms with E-state index in [1.165, 1.54) is 18.1 Å². The normalized spacial score (nSPS) is 13.5. The van der Waals surface area contributed by atoms with Crippen molar-refractivity contribution in [1.82, 2.24) is 24.8 Å². The van der Waals surface area contributed by atoms with Crippen LogP contribution in [0.25, 0.3) is 22.3 Å². The van der Waals surface area contributed by atoms with Crippen LogP contribution >= 0.6 is 0 Å². The van der Waals surface area contributed by atoms with Crippen molar-refractivity contribution < 1.29 is 17.9 Å². The SMILES string of the molecule is C=C/C(F)=c1/[nH]c(C)cc1=C(C)C.CC.CCN1CCN(c2ccc(Nc3ncnc(Oc4cc(F)c5[nH]c(C)cc5c4F)c3C)cc2)CC1. The van der Waals surface area contributed by atoms with Gasteiger partial charge in [0.15, 0.2) is 17.4 Å². The molecule has 5 aromatic rings. The summed E-state index contributed by atoms with van der Waals surface area (Å²) in [4.78, 5) is 19.1. The monoisotopic (exact) mass is 687 g/mol. The van der Waals surface area contributed by atoms with Crippen LogP contribution in [0.1, 0.15) is 51.6 Å². The minimum Gasteiger partial charge on any atom is -0.435 e. The van der Waals surface area contributed by atoms with Gasteiger partial charge in [-0.25, -0.2) is 23.1 Å². The summed E-state index contributed by atoms with van der Waals surface area (Å²) >= 11 is 0. The van der Waals surface area contributed by atoms with Gasteiger partial charge in [0.2, 0.25) is 5.88 Å². The molecule has 0 atom stereocenters. The molecule has 0 bridgehead atoms. The van der Waals surface area contributed by atoms with Gasteiger partial charge in [-0.1, -0.05) is 32.9 Å². The molecular weight excluding hydrogens is 639 g/mol. The molecule has 2 aromatic carbocycles. The number of piperazine rings is 1. The Hall–Kier alpha value is -5.03. The van der Waals surface area contributed by atoms with Crippen molar-refractivity contribution >= 4 is 39.5 Å². The molecular formula is C39H48F3N7O. The van der Waals surface area contributed by atoms with Gasteiger partial charge in [0.05, 0.1) is 16.4 Å². The smallest absolute Gasteiger partial charge is 0.227 e. The van der Waals surface area contributed by atoms with Crippen LogP contribution in [0.5, 0.6) is 11.6 Å². The molecule has 1 aliphatic rings. The lowest BCUT2D eigenvalue weighted by Crippen LogP contribution is -2.46.